The van der Waals surface area contributed by atoms with Crippen molar-refractivity contribution >= 4 is 10.0 Å². The van der Waals surface area contributed by atoms with Crippen molar-refractivity contribution in [1.82, 2.24) is 14.5 Å². The molecule has 1 aromatic heterocycles. The van der Waals surface area contributed by atoms with E-state index in [1.54, 1.807) is 6.92 Å². The van der Waals surface area contributed by atoms with E-state index >= 15 is 0 Å². The first-order chi connectivity index (χ1) is 13.7. The van der Waals surface area contributed by atoms with E-state index < -0.39 is 39.6 Å². The molecule has 0 amide bonds. The summed E-state index contributed by atoms with van der Waals surface area (Å²) in [5.41, 5.74) is -0.353. The third-order valence-electron chi connectivity index (χ3n) is 4.35. The Balaban J connectivity index is 1.94. The first-order valence-electron chi connectivity index (χ1n) is 8.90. The Kier molecular flexibility index (Phi) is 6.46. The maximum atomic E-state index is 14.9. The Morgan fingerprint density at radius 1 is 1.34 bits per heavy atom. The zero-order valence-corrected chi connectivity index (χ0v) is 16.7. The van der Waals surface area contributed by atoms with Gasteiger partial charge < -0.3 is 13.9 Å². The predicted octanol–water partition coefficient (Wildman–Crippen LogP) is 1.32. The molecule has 1 aliphatic rings. The molecule has 160 valence electrons. The molecule has 0 radical (unpaired) electrons. The van der Waals surface area contributed by atoms with Gasteiger partial charge >= 0.3 is 5.76 Å². The van der Waals surface area contributed by atoms with Crippen molar-refractivity contribution in [1.29, 1.82) is 0 Å². The lowest BCUT2D eigenvalue weighted by atomic mass is 10.0. The highest BCUT2D eigenvalue weighted by Crippen LogP contribution is 2.31. The van der Waals surface area contributed by atoms with Crippen LogP contribution in [0.2, 0.25) is 0 Å². The Morgan fingerprint density at radius 3 is 2.59 bits per heavy atom. The van der Waals surface area contributed by atoms with Gasteiger partial charge in [0.1, 0.15) is 17.7 Å². The fraction of sp³-hybridized carbons (Fsp3) is 0.529. The van der Waals surface area contributed by atoms with Crippen LogP contribution in [0.1, 0.15) is 36.5 Å². The van der Waals surface area contributed by atoms with Gasteiger partial charge in [-0.15, -0.1) is 5.10 Å². The van der Waals surface area contributed by atoms with Crippen molar-refractivity contribution in [2.24, 2.45) is 0 Å². The summed E-state index contributed by atoms with van der Waals surface area (Å²) < 4.78 is 70.0. The molecule has 9 nitrogen and oxygen atoms in total. The molecule has 12 heteroatoms. The van der Waals surface area contributed by atoms with Crippen LogP contribution in [0.5, 0.6) is 0 Å². The number of nitrogens with one attached hydrogen (secondary N) is 1. The van der Waals surface area contributed by atoms with Gasteiger partial charge in [0, 0.05) is 24.2 Å². The number of aromatic nitrogens is 2. The molecule has 1 aromatic carbocycles. The van der Waals surface area contributed by atoms with E-state index in [-0.39, 0.29) is 43.3 Å². The van der Waals surface area contributed by atoms with Gasteiger partial charge in [0.05, 0.1) is 19.5 Å². The van der Waals surface area contributed by atoms with E-state index in [0.29, 0.717) is 6.42 Å². The Hall–Kier alpha value is -2.15. The van der Waals surface area contributed by atoms with E-state index in [2.05, 4.69) is 10.2 Å². The van der Waals surface area contributed by atoms with Crippen LogP contribution in [-0.4, -0.2) is 55.0 Å². The first kappa shape index (κ1) is 21.6. The molecule has 29 heavy (non-hydrogen) atoms. The van der Waals surface area contributed by atoms with Crippen LogP contribution in [0.25, 0.3) is 0 Å². The lowest BCUT2D eigenvalue weighted by Crippen LogP contribution is -2.37. The molecule has 3 rings (SSSR count). The van der Waals surface area contributed by atoms with E-state index in [4.69, 9.17) is 13.9 Å². The van der Waals surface area contributed by atoms with E-state index in [1.165, 1.54) is 0 Å². The number of hydrogen-bond acceptors (Lipinski definition) is 7. The van der Waals surface area contributed by atoms with Gasteiger partial charge in [0.25, 0.3) is 5.89 Å². The van der Waals surface area contributed by atoms with Gasteiger partial charge in [-0.3, -0.25) is 0 Å². The van der Waals surface area contributed by atoms with Crippen molar-refractivity contribution in [3.05, 3.63) is 51.3 Å². The smallest absolute Gasteiger partial charge is 0.389 e. The van der Waals surface area contributed by atoms with Crippen molar-refractivity contribution in [3.63, 3.8) is 0 Å². The first-order valence-corrected chi connectivity index (χ1v) is 10.8. The lowest BCUT2D eigenvalue weighted by Gasteiger charge is -2.29. The highest BCUT2D eigenvalue weighted by molar-refractivity contribution is 7.88. The normalized spacial score (nSPS) is 16.2. The maximum Gasteiger partial charge on any atom is 0.434 e. The predicted molar refractivity (Wildman–Crippen MR) is 96.6 cm³/mol. The van der Waals surface area contributed by atoms with Gasteiger partial charge in [0.15, 0.2) is 6.10 Å². The lowest BCUT2D eigenvalue weighted by molar-refractivity contribution is -0.152. The number of aromatic amines is 1. The second kappa shape index (κ2) is 8.69. The van der Waals surface area contributed by atoms with Gasteiger partial charge in [0.2, 0.25) is 10.0 Å². The molecule has 1 saturated heterocycles. The highest BCUT2D eigenvalue weighted by atomic mass is 32.2. The molecular weight excluding hydrogens is 412 g/mol. The third-order valence-corrected chi connectivity index (χ3v) is 5.60. The number of rotatable bonds is 9. The fourth-order valence-corrected chi connectivity index (χ4v) is 3.72. The molecule has 0 unspecified atom stereocenters. The SMILES string of the molecule is CCCN(Cc1cc(F)c([C@@H](OC2COC2)c2n[nH]c(=O)o2)cc1F)S(C)(=O)=O. The van der Waals surface area contributed by atoms with Crippen molar-refractivity contribution in [2.45, 2.75) is 32.1 Å². The van der Waals surface area contributed by atoms with Crippen LogP contribution in [0.3, 0.4) is 0 Å². The molecule has 0 spiro atoms. The second-order valence-corrected chi connectivity index (χ2v) is 8.67. The van der Waals surface area contributed by atoms with E-state index in [1.807, 2.05) is 0 Å². The molecule has 1 aliphatic heterocycles. The molecule has 1 N–H and O–H groups in total. The topological polar surface area (TPSA) is 115 Å². The quantitative estimate of drug-likeness (QED) is 0.634. The molecule has 2 aromatic rings. The Bertz CT molecular complexity index is 1020. The molecular formula is C17H21F2N3O6S. The minimum Gasteiger partial charge on any atom is -0.389 e. The van der Waals surface area contributed by atoms with Gasteiger partial charge in [-0.1, -0.05) is 6.92 Å². The molecule has 2 heterocycles. The summed E-state index contributed by atoms with van der Waals surface area (Å²) in [5, 5.41) is 5.71. The molecule has 0 saturated carbocycles. The van der Waals surface area contributed by atoms with Gasteiger partial charge in [-0.05, 0) is 18.6 Å². The monoisotopic (exact) mass is 433 g/mol. The summed E-state index contributed by atoms with van der Waals surface area (Å²) in [7, 11) is -3.59. The van der Waals surface area contributed by atoms with Crippen LogP contribution >= 0.6 is 0 Å². The number of nitrogens with zero attached hydrogens (tertiary/aromatic N) is 2. The van der Waals surface area contributed by atoms with Gasteiger partial charge in [-0.25, -0.2) is 27.1 Å². The van der Waals surface area contributed by atoms with Crippen LogP contribution in [-0.2, 0) is 26.0 Å². The summed E-state index contributed by atoms with van der Waals surface area (Å²) in [4.78, 5) is 11.3. The molecule has 1 fully saturated rings. The Labute approximate surface area is 165 Å². The summed E-state index contributed by atoms with van der Waals surface area (Å²) >= 11 is 0. The molecule has 0 aliphatic carbocycles. The summed E-state index contributed by atoms with van der Waals surface area (Å²) in [6.45, 7) is 2.16. The number of H-pyrrole nitrogens is 1. The minimum absolute atomic E-state index is 0.126. The molecule has 0 bridgehead atoms. The Morgan fingerprint density at radius 2 is 2.07 bits per heavy atom. The zero-order valence-electron chi connectivity index (χ0n) is 15.9. The van der Waals surface area contributed by atoms with Crippen molar-refractivity contribution in [2.75, 3.05) is 26.0 Å². The minimum atomic E-state index is -3.59. The number of hydrogen-bond donors (Lipinski definition) is 1. The van der Waals surface area contributed by atoms with Crippen molar-refractivity contribution in [3.8, 4) is 0 Å². The second-order valence-electron chi connectivity index (χ2n) is 6.69. The standard InChI is InChI=1S/C17H21F2N3O6S/c1-3-4-22(29(2,24)25)7-10-5-14(19)12(6-13(10)18)15(27-11-8-26-9-11)16-20-21-17(23)28-16/h5-6,11,15H,3-4,7-9H2,1-2H3,(H,21,23)/t15-/m1/s1. The highest BCUT2D eigenvalue weighted by Gasteiger charge is 2.32. The summed E-state index contributed by atoms with van der Waals surface area (Å²) in [6.07, 6.45) is -0.134. The summed E-state index contributed by atoms with van der Waals surface area (Å²) in [6, 6.07) is 1.81. The maximum absolute atomic E-state index is 14.9. The van der Waals surface area contributed by atoms with Crippen LogP contribution in [0, 0.1) is 11.6 Å². The zero-order chi connectivity index (χ0) is 21.2. The summed E-state index contributed by atoms with van der Waals surface area (Å²) in [5.74, 6) is -2.78. The molecule has 1 atom stereocenters. The van der Waals surface area contributed by atoms with Crippen LogP contribution < -0.4 is 5.76 Å². The largest absolute Gasteiger partial charge is 0.434 e. The van der Waals surface area contributed by atoms with E-state index in [9.17, 15) is 22.0 Å². The average Bonchev–Trinajstić information content (AvgIpc) is 3.02. The third kappa shape index (κ3) is 5.07. The number of sulfonamides is 1. The number of ether oxygens (including phenoxy) is 2. The van der Waals surface area contributed by atoms with Crippen LogP contribution in [0.15, 0.2) is 21.3 Å². The van der Waals surface area contributed by atoms with Gasteiger partial charge in [-0.2, -0.15) is 4.31 Å². The number of halogens is 2. The van der Waals surface area contributed by atoms with E-state index in [0.717, 1.165) is 22.7 Å². The average molecular weight is 433 g/mol. The number of benzene rings is 1. The fourth-order valence-electron chi connectivity index (χ4n) is 2.83. The van der Waals surface area contributed by atoms with Crippen molar-refractivity contribution < 1.29 is 31.1 Å². The van der Waals surface area contributed by atoms with Crippen LogP contribution in [0.4, 0.5) is 8.78 Å².